The van der Waals surface area contributed by atoms with Crippen molar-refractivity contribution < 1.29 is 13.2 Å². The van der Waals surface area contributed by atoms with Gasteiger partial charge in [-0.25, -0.2) is 0 Å². The molecule has 0 N–H and O–H groups in total. The Hall–Kier alpha value is -2.10. The van der Waals surface area contributed by atoms with Crippen LogP contribution in [-0.4, -0.2) is 4.98 Å². The van der Waals surface area contributed by atoms with Crippen LogP contribution in [0.25, 0.3) is 6.08 Å². The fourth-order valence-corrected chi connectivity index (χ4v) is 2.53. The first-order valence-electron chi connectivity index (χ1n) is 6.34. The predicted molar refractivity (Wildman–Crippen MR) is 71.2 cm³/mol. The van der Waals surface area contributed by atoms with Crippen LogP contribution >= 0.6 is 0 Å². The summed E-state index contributed by atoms with van der Waals surface area (Å²) < 4.78 is 38.8. The summed E-state index contributed by atoms with van der Waals surface area (Å²) in [6.45, 7) is 0. The molecule has 0 saturated carbocycles. The van der Waals surface area contributed by atoms with Crippen molar-refractivity contribution in [3.8, 4) is 0 Å². The SMILES string of the molecule is FC(F)(F)c1ccnc2c1C=CC(c1ccccc1)C2. The summed E-state index contributed by atoms with van der Waals surface area (Å²) >= 11 is 0. The number of aromatic nitrogens is 1. The van der Waals surface area contributed by atoms with Gasteiger partial charge in [0, 0.05) is 29.8 Å². The molecule has 1 heterocycles. The Bertz CT molecular complexity index is 645. The second-order valence-electron chi connectivity index (χ2n) is 4.80. The summed E-state index contributed by atoms with van der Waals surface area (Å²) in [6, 6.07) is 10.8. The van der Waals surface area contributed by atoms with Crippen LogP contribution in [0.15, 0.2) is 48.7 Å². The van der Waals surface area contributed by atoms with E-state index in [0.29, 0.717) is 12.1 Å². The fraction of sp³-hybridized carbons (Fsp3) is 0.188. The Balaban J connectivity index is 1.99. The van der Waals surface area contributed by atoms with Gasteiger partial charge in [0.05, 0.1) is 5.56 Å². The molecular weight excluding hydrogens is 263 g/mol. The Morgan fingerprint density at radius 3 is 2.50 bits per heavy atom. The molecule has 0 aliphatic heterocycles. The van der Waals surface area contributed by atoms with Crippen molar-refractivity contribution in [3.63, 3.8) is 0 Å². The minimum Gasteiger partial charge on any atom is -0.261 e. The number of fused-ring (bicyclic) bond motifs is 1. The number of halogens is 3. The van der Waals surface area contributed by atoms with Gasteiger partial charge in [0.2, 0.25) is 0 Å². The van der Waals surface area contributed by atoms with Gasteiger partial charge >= 0.3 is 6.18 Å². The molecular formula is C16H12F3N. The molecule has 1 aromatic carbocycles. The van der Waals surface area contributed by atoms with Gasteiger partial charge < -0.3 is 0 Å². The normalized spacial score (nSPS) is 17.9. The zero-order valence-corrected chi connectivity index (χ0v) is 10.6. The van der Waals surface area contributed by atoms with Crippen LogP contribution in [0.2, 0.25) is 0 Å². The van der Waals surface area contributed by atoms with E-state index in [-0.39, 0.29) is 11.5 Å². The van der Waals surface area contributed by atoms with Gasteiger partial charge in [-0.1, -0.05) is 42.5 Å². The minimum absolute atomic E-state index is 0.0830. The van der Waals surface area contributed by atoms with E-state index in [9.17, 15) is 13.2 Å². The number of allylic oxidation sites excluding steroid dienone is 1. The highest BCUT2D eigenvalue weighted by atomic mass is 19.4. The Labute approximate surface area is 114 Å². The van der Waals surface area contributed by atoms with Crippen LogP contribution in [0.5, 0.6) is 0 Å². The first-order valence-corrected chi connectivity index (χ1v) is 6.34. The van der Waals surface area contributed by atoms with E-state index in [1.165, 1.54) is 6.20 Å². The molecule has 1 aliphatic carbocycles. The molecule has 0 saturated heterocycles. The first-order chi connectivity index (χ1) is 9.55. The summed E-state index contributed by atoms with van der Waals surface area (Å²) in [5.41, 5.74) is 1.20. The van der Waals surface area contributed by atoms with Crippen LogP contribution in [0, 0.1) is 0 Å². The highest BCUT2D eigenvalue weighted by Gasteiger charge is 2.35. The van der Waals surface area contributed by atoms with Crippen LogP contribution in [0.3, 0.4) is 0 Å². The van der Waals surface area contributed by atoms with E-state index in [2.05, 4.69) is 4.98 Å². The molecule has 1 nitrogen and oxygen atoms in total. The number of nitrogens with zero attached hydrogens (tertiary/aromatic N) is 1. The van der Waals surface area contributed by atoms with Gasteiger partial charge in [0.1, 0.15) is 0 Å². The maximum Gasteiger partial charge on any atom is 0.417 e. The number of rotatable bonds is 1. The number of benzene rings is 1. The number of alkyl halides is 3. The van der Waals surface area contributed by atoms with Crippen molar-refractivity contribution in [3.05, 3.63) is 71.1 Å². The molecule has 0 spiro atoms. The van der Waals surface area contributed by atoms with E-state index in [1.807, 2.05) is 36.4 Å². The van der Waals surface area contributed by atoms with Gasteiger partial charge in [-0.3, -0.25) is 4.98 Å². The van der Waals surface area contributed by atoms with Gasteiger partial charge in [-0.05, 0) is 11.6 Å². The van der Waals surface area contributed by atoms with Crippen molar-refractivity contribution in [2.24, 2.45) is 0 Å². The summed E-state index contributed by atoms with van der Waals surface area (Å²) in [6.07, 6.45) is 0.778. The third-order valence-electron chi connectivity index (χ3n) is 3.51. The van der Waals surface area contributed by atoms with E-state index in [4.69, 9.17) is 0 Å². The maximum atomic E-state index is 12.9. The lowest BCUT2D eigenvalue weighted by atomic mass is 9.86. The number of pyridine rings is 1. The van der Waals surface area contributed by atoms with Crippen molar-refractivity contribution >= 4 is 6.08 Å². The third kappa shape index (κ3) is 2.33. The molecule has 1 atom stereocenters. The average Bonchev–Trinajstić information content (AvgIpc) is 2.46. The van der Waals surface area contributed by atoms with Crippen molar-refractivity contribution in [2.45, 2.75) is 18.5 Å². The van der Waals surface area contributed by atoms with Crippen LogP contribution in [0.4, 0.5) is 13.2 Å². The van der Waals surface area contributed by atoms with Crippen molar-refractivity contribution in [2.75, 3.05) is 0 Å². The molecule has 0 amide bonds. The molecule has 0 radical (unpaired) electrons. The largest absolute Gasteiger partial charge is 0.417 e. The third-order valence-corrected chi connectivity index (χ3v) is 3.51. The van der Waals surface area contributed by atoms with Crippen LogP contribution in [-0.2, 0) is 12.6 Å². The molecule has 4 heteroatoms. The summed E-state index contributed by atoms with van der Waals surface area (Å²) in [4.78, 5) is 4.12. The van der Waals surface area contributed by atoms with Gasteiger partial charge in [-0.15, -0.1) is 0 Å². The fourth-order valence-electron chi connectivity index (χ4n) is 2.53. The Morgan fingerprint density at radius 2 is 1.80 bits per heavy atom. The molecule has 0 fully saturated rings. The quantitative estimate of drug-likeness (QED) is 0.749. The summed E-state index contributed by atoms with van der Waals surface area (Å²) in [5.74, 6) is 0.0830. The van der Waals surface area contributed by atoms with Gasteiger partial charge in [0.15, 0.2) is 0 Å². The zero-order chi connectivity index (χ0) is 14.2. The zero-order valence-electron chi connectivity index (χ0n) is 10.6. The molecule has 1 aromatic heterocycles. The van der Waals surface area contributed by atoms with Crippen LogP contribution in [0.1, 0.15) is 28.3 Å². The van der Waals surface area contributed by atoms with Gasteiger partial charge in [-0.2, -0.15) is 13.2 Å². The molecule has 102 valence electrons. The standard InChI is InChI=1S/C16H12F3N/c17-16(18,19)14-8-9-20-15-10-12(6-7-13(14)15)11-4-2-1-3-5-11/h1-9,12H,10H2. The molecule has 1 aliphatic rings. The minimum atomic E-state index is -4.34. The van der Waals surface area contributed by atoms with E-state index < -0.39 is 11.7 Å². The molecule has 0 bridgehead atoms. The first kappa shape index (κ1) is 12.9. The molecule has 2 aromatic rings. The van der Waals surface area contributed by atoms with Crippen molar-refractivity contribution in [1.29, 1.82) is 0 Å². The lowest BCUT2D eigenvalue weighted by Crippen LogP contribution is -2.14. The van der Waals surface area contributed by atoms with E-state index >= 15 is 0 Å². The maximum absolute atomic E-state index is 12.9. The topological polar surface area (TPSA) is 12.9 Å². The highest BCUT2D eigenvalue weighted by Crippen LogP contribution is 2.37. The summed E-state index contributed by atoms with van der Waals surface area (Å²) in [5, 5.41) is 0. The number of hydrogen-bond donors (Lipinski definition) is 0. The lowest BCUT2D eigenvalue weighted by molar-refractivity contribution is -0.137. The second kappa shape index (κ2) is 4.78. The highest BCUT2D eigenvalue weighted by molar-refractivity contribution is 5.61. The van der Waals surface area contributed by atoms with E-state index in [1.54, 1.807) is 6.08 Å². The van der Waals surface area contributed by atoms with Crippen molar-refractivity contribution in [1.82, 2.24) is 4.98 Å². The summed E-state index contributed by atoms with van der Waals surface area (Å²) in [7, 11) is 0. The average molecular weight is 275 g/mol. The predicted octanol–water partition coefficient (Wildman–Crippen LogP) is 4.45. The molecule has 20 heavy (non-hydrogen) atoms. The Morgan fingerprint density at radius 1 is 1.05 bits per heavy atom. The second-order valence-corrected chi connectivity index (χ2v) is 4.80. The smallest absolute Gasteiger partial charge is 0.261 e. The lowest BCUT2D eigenvalue weighted by Gasteiger charge is -2.21. The van der Waals surface area contributed by atoms with E-state index in [0.717, 1.165) is 11.6 Å². The number of hydrogen-bond acceptors (Lipinski definition) is 1. The van der Waals surface area contributed by atoms with Gasteiger partial charge in [0.25, 0.3) is 0 Å². The van der Waals surface area contributed by atoms with Crippen LogP contribution < -0.4 is 0 Å². The molecule has 3 rings (SSSR count). The Kier molecular flexibility index (Phi) is 3.08. The molecule has 1 unspecified atom stereocenters. The monoisotopic (exact) mass is 275 g/mol.